The summed E-state index contributed by atoms with van der Waals surface area (Å²) in [6.07, 6.45) is 11.5. The van der Waals surface area contributed by atoms with E-state index in [1.54, 1.807) is 25.7 Å². The van der Waals surface area contributed by atoms with Crippen molar-refractivity contribution in [3.05, 3.63) is 24.3 Å². The van der Waals surface area contributed by atoms with Gasteiger partial charge >= 0.3 is 0 Å². The highest BCUT2D eigenvalue weighted by molar-refractivity contribution is 5.05. The number of ether oxygens (including phenoxy) is 1. The van der Waals surface area contributed by atoms with E-state index in [0.29, 0.717) is 5.92 Å². The predicted octanol–water partition coefficient (Wildman–Crippen LogP) is 1.58. The van der Waals surface area contributed by atoms with Crippen molar-refractivity contribution < 1.29 is 4.74 Å². The van der Waals surface area contributed by atoms with Crippen LogP contribution in [0.4, 0.5) is 0 Å². The second-order valence-electron chi connectivity index (χ2n) is 4.87. The van der Waals surface area contributed by atoms with Gasteiger partial charge in [0.2, 0.25) is 0 Å². The third-order valence-corrected chi connectivity index (χ3v) is 3.80. The van der Waals surface area contributed by atoms with E-state index in [4.69, 9.17) is 10.6 Å². The van der Waals surface area contributed by atoms with Gasteiger partial charge in [0, 0.05) is 19.5 Å². The van der Waals surface area contributed by atoms with Crippen LogP contribution in [-0.2, 0) is 4.74 Å². The second-order valence-corrected chi connectivity index (χ2v) is 4.87. The van der Waals surface area contributed by atoms with Gasteiger partial charge in [0.05, 0.1) is 24.0 Å². The van der Waals surface area contributed by atoms with E-state index in [0.717, 1.165) is 5.69 Å². The van der Waals surface area contributed by atoms with E-state index < -0.39 is 0 Å². The van der Waals surface area contributed by atoms with E-state index in [2.05, 4.69) is 15.4 Å². The standard InChI is InChI=1S/C13H22N4O/c1-18-13(10-5-3-2-4-6-10)12(17-14)11-9-15-7-8-16-11/h7-10,12-13,17H,2-6,14H2,1H3. The summed E-state index contributed by atoms with van der Waals surface area (Å²) < 4.78 is 5.69. The van der Waals surface area contributed by atoms with E-state index in [-0.39, 0.29) is 12.1 Å². The van der Waals surface area contributed by atoms with Gasteiger partial charge in [-0.1, -0.05) is 19.3 Å². The van der Waals surface area contributed by atoms with Crippen molar-refractivity contribution in [2.45, 2.75) is 44.2 Å². The van der Waals surface area contributed by atoms with Crippen LogP contribution in [0, 0.1) is 5.92 Å². The third-order valence-electron chi connectivity index (χ3n) is 3.80. The van der Waals surface area contributed by atoms with Gasteiger partial charge < -0.3 is 4.74 Å². The van der Waals surface area contributed by atoms with Gasteiger partial charge in [-0.3, -0.25) is 15.8 Å². The van der Waals surface area contributed by atoms with Gasteiger partial charge in [0.25, 0.3) is 0 Å². The molecule has 2 atom stereocenters. The molecule has 1 aliphatic rings. The molecule has 0 amide bonds. The van der Waals surface area contributed by atoms with Crippen LogP contribution in [-0.4, -0.2) is 23.2 Å². The van der Waals surface area contributed by atoms with E-state index >= 15 is 0 Å². The van der Waals surface area contributed by atoms with Crippen molar-refractivity contribution in [3.8, 4) is 0 Å². The largest absolute Gasteiger partial charge is 0.379 e. The molecular weight excluding hydrogens is 228 g/mol. The Labute approximate surface area is 108 Å². The highest BCUT2D eigenvalue weighted by Gasteiger charge is 2.31. The average Bonchev–Trinajstić information content (AvgIpc) is 2.46. The lowest BCUT2D eigenvalue weighted by Gasteiger charge is -2.34. The molecular formula is C13H22N4O. The SMILES string of the molecule is COC(C1CCCCC1)C(NN)c1cnccn1. The molecule has 0 spiro atoms. The smallest absolute Gasteiger partial charge is 0.0911 e. The zero-order chi connectivity index (χ0) is 12.8. The minimum atomic E-state index is -0.0909. The number of nitrogens with zero attached hydrogens (tertiary/aromatic N) is 2. The van der Waals surface area contributed by atoms with Crippen LogP contribution >= 0.6 is 0 Å². The topological polar surface area (TPSA) is 73.1 Å². The fourth-order valence-electron chi connectivity index (χ4n) is 2.88. The molecule has 1 saturated carbocycles. The van der Waals surface area contributed by atoms with Crippen LogP contribution in [0.25, 0.3) is 0 Å². The normalized spacial score (nSPS) is 20.6. The minimum absolute atomic E-state index is 0.0620. The summed E-state index contributed by atoms with van der Waals surface area (Å²) in [5.74, 6) is 6.24. The van der Waals surface area contributed by atoms with Gasteiger partial charge in [-0.2, -0.15) is 0 Å². The number of hydrazine groups is 1. The molecule has 0 aromatic carbocycles. The van der Waals surface area contributed by atoms with Gasteiger partial charge in [-0.15, -0.1) is 0 Å². The van der Waals surface area contributed by atoms with Gasteiger partial charge in [0.15, 0.2) is 0 Å². The molecule has 1 heterocycles. The van der Waals surface area contributed by atoms with Crippen LogP contribution in [0.2, 0.25) is 0 Å². The summed E-state index contributed by atoms with van der Waals surface area (Å²) in [5.41, 5.74) is 3.68. The summed E-state index contributed by atoms with van der Waals surface area (Å²) in [6.45, 7) is 0. The molecule has 3 N–H and O–H groups in total. The minimum Gasteiger partial charge on any atom is -0.379 e. The van der Waals surface area contributed by atoms with E-state index in [1.807, 2.05) is 0 Å². The van der Waals surface area contributed by atoms with E-state index in [9.17, 15) is 0 Å². The molecule has 1 fully saturated rings. The maximum Gasteiger partial charge on any atom is 0.0911 e. The molecule has 0 saturated heterocycles. The Morgan fingerprint density at radius 3 is 2.67 bits per heavy atom. The van der Waals surface area contributed by atoms with Crippen molar-refractivity contribution in [1.29, 1.82) is 0 Å². The number of methoxy groups -OCH3 is 1. The second kappa shape index (κ2) is 6.78. The Bertz CT molecular complexity index is 340. The zero-order valence-corrected chi connectivity index (χ0v) is 10.9. The fourth-order valence-corrected chi connectivity index (χ4v) is 2.88. The van der Waals surface area contributed by atoms with Crippen LogP contribution in [0.3, 0.4) is 0 Å². The lowest BCUT2D eigenvalue weighted by atomic mass is 9.82. The number of hydrogen-bond donors (Lipinski definition) is 2. The van der Waals surface area contributed by atoms with Gasteiger partial charge in [-0.05, 0) is 18.8 Å². The summed E-state index contributed by atoms with van der Waals surface area (Å²) in [7, 11) is 1.75. The van der Waals surface area contributed by atoms with Crippen molar-refractivity contribution in [3.63, 3.8) is 0 Å². The number of aromatic nitrogens is 2. The summed E-state index contributed by atoms with van der Waals surface area (Å²) in [4.78, 5) is 8.43. The zero-order valence-electron chi connectivity index (χ0n) is 10.9. The first-order valence-electron chi connectivity index (χ1n) is 6.61. The predicted molar refractivity (Wildman–Crippen MR) is 69.5 cm³/mol. The van der Waals surface area contributed by atoms with Gasteiger partial charge in [-0.25, -0.2) is 5.43 Å². The molecule has 5 heteroatoms. The summed E-state index contributed by atoms with van der Waals surface area (Å²) >= 11 is 0. The third kappa shape index (κ3) is 3.04. The number of rotatable bonds is 5. The molecule has 1 aliphatic carbocycles. The maximum atomic E-state index is 5.69. The van der Waals surface area contributed by atoms with Crippen LogP contribution in [0.5, 0.6) is 0 Å². The first-order chi connectivity index (χ1) is 8.86. The highest BCUT2D eigenvalue weighted by Crippen LogP contribution is 2.33. The monoisotopic (exact) mass is 250 g/mol. The molecule has 0 bridgehead atoms. The van der Waals surface area contributed by atoms with Crippen molar-refractivity contribution in [2.24, 2.45) is 11.8 Å². The lowest BCUT2D eigenvalue weighted by Crippen LogP contribution is -2.42. The van der Waals surface area contributed by atoms with Gasteiger partial charge in [0.1, 0.15) is 0 Å². The summed E-state index contributed by atoms with van der Waals surface area (Å²) in [6, 6.07) is -0.0909. The first kappa shape index (κ1) is 13.4. The molecule has 0 aliphatic heterocycles. The molecule has 18 heavy (non-hydrogen) atoms. The Hall–Kier alpha value is -1.04. The average molecular weight is 250 g/mol. The Morgan fingerprint density at radius 1 is 1.33 bits per heavy atom. The quantitative estimate of drug-likeness (QED) is 0.613. The lowest BCUT2D eigenvalue weighted by molar-refractivity contribution is 0.00636. The van der Waals surface area contributed by atoms with Crippen molar-refractivity contribution in [2.75, 3.05) is 7.11 Å². The van der Waals surface area contributed by atoms with Crippen molar-refractivity contribution >= 4 is 0 Å². The number of nitrogens with one attached hydrogen (secondary N) is 1. The molecule has 1 aromatic heterocycles. The molecule has 100 valence electrons. The molecule has 5 nitrogen and oxygen atoms in total. The van der Waals surface area contributed by atoms with Crippen LogP contribution in [0.15, 0.2) is 18.6 Å². The summed E-state index contributed by atoms with van der Waals surface area (Å²) in [5, 5.41) is 0. The Balaban J connectivity index is 2.13. The molecule has 0 radical (unpaired) electrons. The first-order valence-corrected chi connectivity index (χ1v) is 6.61. The number of hydrogen-bond acceptors (Lipinski definition) is 5. The van der Waals surface area contributed by atoms with E-state index in [1.165, 1.54) is 32.1 Å². The Kier molecular flexibility index (Phi) is 5.04. The maximum absolute atomic E-state index is 5.69. The fraction of sp³-hybridized carbons (Fsp3) is 0.692. The molecule has 2 rings (SSSR count). The number of nitrogens with two attached hydrogens (primary N) is 1. The van der Waals surface area contributed by atoms with Crippen LogP contribution in [0.1, 0.15) is 43.8 Å². The highest BCUT2D eigenvalue weighted by atomic mass is 16.5. The molecule has 2 unspecified atom stereocenters. The molecule has 1 aromatic rings. The van der Waals surface area contributed by atoms with Crippen molar-refractivity contribution in [1.82, 2.24) is 15.4 Å². The Morgan fingerprint density at radius 2 is 2.11 bits per heavy atom. The van der Waals surface area contributed by atoms with Crippen LogP contribution < -0.4 is 11.3 Å².